The molecule has 0 amide bonds. The maximum absolute atomic E-state index is 13.2. The molecule has 1 atom stereocenters. The standard InChI is InChI=1S/C22H22FN5O2S/c1-16(4-3-11-24)18-7-9-20(10-8-18)31(29)26-13-12-25-22-27-21(28-30-22)15-17-5-2-6-19(23)14-17/h2,5-10,14,26H,1,3-4,12-13,15H2,(H,25,27,28). The highest BCUT2D eigenvalue weighted by Gasteiger charge is 2.08. The molecule has 0 saturated heterocycles. The number of hydrogen-bond donors (Lipinski definition) is 2. The zero-order valence-corrected chi connectivity index (χ0v) is 17.6. The summed E-state index contributed by atoms with van der Waals surface area (Å²) >= 11 is 0. The van der Waals surface area contributed by atoms with Gasteiger partial charge >= 0.3 is 6.01 Å². The van der Waals surface area contributed by atoms with E-state index < -0.39 is 11.0 Å². The van der Waals surface area contributed by atoms with Gasteiger partial charge in [0.05, 0.1) is 11.0 Å². The summed E-state index contributed by atoms with van der Waals surface area (Å²) in [4.78, 5) is 4.86. The number of hydrogen-bond acceptors (Lipinski definition) is 6. The highest BCUT2D eigenvalue weighted by Crippen LogP contribution is 2.19. The Balaban J connectivity index is 1.41. The van der Waals surface area contributed by atoms with Gasteiger partial charge in [-0.15, -0.1) is 0 Å². The van der Waals surface area contributed by atoms with Crippen LogP contribution in [0.15, 0.2) is 64.5 Å². The maximum atomic E-state index is 13.2. The summed E-state index contributed by atoms with van der Waals surface area (Å²) in [6.07, 6.45) is 1.40. The van der Waals surface area contributed by atoms with Crippen LogP contribution in [0.1, 0.15) is 29.8 Å². The van der Waals surface area contributed by atoms with E-state index in [1.165, 1.54) is 12.1 Å². The lowest BCUT2D eigenvalue weighted by molar-refractivity contribution is 0.424. The summed E-state index contributed by atoms with van der Waals surface area (Å²) in [5.41, 5.74) is 2.57. The number of halogens is 1. The van der Waals surface area contributed by atoms with Gasteiger partial charge in [-0.3, -0.25) is 0 Å². The third-order valence-corrected chi connectivity index (χ3v) is 5.54. The molecular formula is C22H22FN5O2S. The predicted molar refractivity (Wildman–Crippen MR) is 117 cm³/mol. The molecule has 7 nitrogen and oxygen atoms in total. The largest absolute Gasteiger partial charge is 0.336 e. The van der Waals surface area contributed by atoms with E-state index in [1.807, 2.05) is 12.1 Å². The summed E-state index contributed by atoms with van der Waals surface area (Å²) < 4.78 is 33.7. The van der Waals surface area contributed by atoms with Crippen molar-refractivity contribution in [1.29, 1.82) is 5.26 Å². The molecule has 0 aliphatic heterocycles. The van der Waals surface area contributed by atoms with Gasteiger partial charge in [-0.05, 0) is 47.4 Å². The Morgan fingerprint density at radius 3 is 2.77 bits per heavy atom. The Hall–Kier alpha value is -3.35. The molecular weight excluding hydrogens is 417 g/mol. The minimum Gasteiger partial charge on any atom is -0.336 e. The predicted octanol–water partition coefficient (Wildman–Crippen LogP) is 3.84. The Bertz CT molecular complexity index is 1090. The van der Waals surface area contributed by atoms with Crippen LogP contribution in [-0.4, -0.2) is 27.4 Å². The summed E-state index contributed by atoms with van der Waals surface area (Å²) in [6, 6.07) is 15.8. The second-order valence-corrected chi connectivity index (χ2v) is 8.00. The van der Waals surface area contributed by atoms with E-state index in [0.717, 1.165) is 16.7 Å². The fourth-order valence-corrected chi connectivity index (χ4v) is 3.63. The van der Waals surface area contributed by atoms with Crippen molar-refractivity contribution in [3.8, 4) is 6.07 Å². The van der Waals surface area contributed by atoms with E-state index in [-0.39, 0.29) is 11.8 Å². The molecule has 1 aromatic heterocycles. The van der Waals surface area contributed by atoms with Crippen LogP contribution in [0.5, 0.6) is 0 Å². The topological polar surface area (TPSA) is 104 Å². The first-order chi connectivity index (χ1) is 15.0. The summed E-state index contributed by atoms with van der Waals surface area (Å²) in [6.45, 7) is 4.80. The second-order valence-electron chi connectivity index (χ2n) is 6.70. The summed E-state index contributed by atoms with van der Waals surface area (Å²) in [5.74, 6) is 0.137. The number of benzene rings is 2. The zero-order chi connectivity index (χ0) is 22.1. The Morgan fingerprint density at radius 1 is 1.23 bits per heavy atom. The van der Waals surface area contributed by atoms with Gasteiger partial charge in [-0.1, -0.05) is 36.0 Å². The van der Waals surface area contributed by atoms with Crippen LogP contribution in [0, 0.1) is 17.1 Å². The fourth-order valence-electron chi connectivity index (χ4n) is 2.79. The van der Waals surface area contributed by atoms with Crippen LogP contribution >= 0.6 is 0 Å². The Labute approximate surface area is 182 Å². The van der Waals surface area contributed by atoms with Gasteiger partial charge in [0, 0.05) is 25.9 Å². The van der Waals surface area contributed by atoms with Crippen LogP contribution in [0.2, 0.25) is 0 Å². The maximum Gasteiger partial charge on any atom is 0.321 e. The molecule has 3 rings (SSSR count). The quantitative estimate of drug-likeness (QED) is 0.440. The van der Waals surface area contributed by atoms with Crippen LogP contribution < -0.4 is 10.0 Å². The van der Waals surface area contributed by atoms with Crippen molar-refractivity contribution in [3.63, 3.8) is 0 Å². The molecule has 2 aromatic carbocycles. The minimum atomic E-state index is -1.37. The fraction of sp³-hybridized carbons (Fsp3) is 0.227. The molecule has 2 N–H and O–H groups in total. The van der Waals surface area contributed by atoms with Gasteiger partial charge in [0.25, 0.3) is 0 Å². The van der Waals surface area contributed by atoms with Crippen molar-refractivity contribution in [2.45, 2.75) is 24.2 Å². The number of rotatable bonds is 11. The summed E-state index contributed by atoms with van der Waals surface area (Å²) in [7, 11) is -1.37. The Kier molecular flexibility index (Phi) is 8.04. The highest BCUT2D eigenvalue weighted by atomic mass is 32.2. The molecule has 0 aliphatic carbocycles. The third-order valence-electron chi connectivity index (χ3n) is 4.37. The number of anilines is 1. The van der Waals surface area contributed by atoms with Crippen molar-refractivity contribution in [1.82, 2.24) is 14.9 Å². The van der Waals surface area contributed by atoms with E-state index in [9.17, 15) is 8.60 Å². The average Bonchev–Trinajstić information content (AvgIpc) is 3.22. The van der Waals surface area contributed by atoms with Crippen molar-refractivity contribution in [2.75, 3.05) is 18.4 Å². The minimum absolute atomic E-state index is 0.249. The smallest absolute Gasteiger partial charge is 0.321 e. The van der Waals surface area contributed by atoms with Gasteiger partial charge in [-0.2, -0.15) is 10.2 Å². The normalized spacial score (nSPS) is 11.6. The molecule has 1 unspecified atom stereocenters. The molecule has 0 saturated carbocycles. The van der Waals surface area contributed by atoms with Crippen LogP contribution in [0.4, 0.5) is 10.4 Å². The molecule has 0 fully saturated rings. The monoisotopic (exact) mass is 439 g/mol. The number of nitriles is 1. The van der Waals surface area contributed by atoms with E-state index in [1.54, 1.807) is 24.3 Å². The van der Waals surface area contributed by atoms with Gasteiger partial charge in [0.1, 0.15) is 16.8 Å². The summed E-state index contributed by atoms with van der Waals surface area (Å²) in [5, 5.41) is 15.5. The first-order valence-electron chi connectivity index (χ1n) is 9.66. The van der Waals surface area contributed by atoms with Gasteiger partial charge < -0.3 is 9.84 Å². The van der Waals surface area contributed by atoms with E-state index in [4.69, 9.17) is 9.78 Å². The highest BCUT2D eigenvalue weighted by molar-refractivity contribution is 7.83. The average molecular weight is 440 g/mol. The second kappa shape index (κ2) is 11.2. The van der Waals surface area contributed by atoms with Crippen LogP contribution in [0.3, 0.4) is 0 Å². The molecule has 9 heteroatoms. The van der Waals surface area contributed by atoms with Gasteiger partial charge in [-0.25, -0.2) is 13.3 Å². The molecule has 0 spiro atoms. The number of aromatic nitrogens is 2. The van der Waals surface area contributed by atoms with Crippen molar-refractivity contribution < 1.29 is 13.1 Å². The lowest BCUT2D eigenvalue weighted by atomic mass is 10.0. The molecule has 0 bridgehead atoms. The zero-order valence-electron chi connectivity index (χ0n) is 16.8. The molecule has 0 aliphatic rings. The van der Waals surface area contributed by atoms with Gasteiger partial charge in [0.15, 0.2) is 5.82 Å². The van der Waals surface area contributed by atoms with Crippen molar-refractivity contribution >= 4 is 22.6 Å². The molecule has 31 heavy (non-hydrogen) atoms. The first kappa shape index (κ1) is 22.3. The third kappa shape index (κ3) is 6.84. The number of nitrogens with zero attached hydrogens (tertiary/aromatic N) is 3. The molecule has 3 aromatic rings. The lowest BCUT2D eigenvalue weighted by Crippen LogP contribution is -2.24. The molecule has 0 radical (unpaired) electrons. The molecule has 160 valence electrons. The first-order valence-corrected chi connectivity index (χ1v) is 10.8. The van der Waals surface area contributed by atoms with Crippen LogP contribution in [-0.2, 0) is 17.4 Å². The lowest BCUT2D eigenvalue weighted by Gasteiger charge is -2.07. The van der Waals surface area contributed by atoms with E-state index in [0.29, 0.717) is 43.1 Å². The van der Waals surface area contributed by atoms with E-state index >= 15 is 0 Å². The Morgan fingerprint density at radius 2 is 2.03 bits per heavy atom. The van der Waals surface area contributed by atoms with Crippen molar-refractivity contribution in [3.05, 3.63) is 77.9 Å². The van der Waals surface area contributed by atoms with Gasteiger partial charge in [0.2, 0.25) is 0 Å². The van der Waals surface area contributed by atoms with Crippen molar-refractivity contribution in [2.24, 2.45) is 0 Å². The number of allylic oxidation sites excluding steroid dienone is 1. The van der Waals surface area contributed by atoms with Crippen LogP contribution in [0.25, 0.3) is 5.57 Å². The molecule has 1 heterocycles. The SMILES string of the molecule is C=C(CCC#N)c1ccc(S(=O)NCCNc2nc(Cc3cccc(F)c3)no2)cc1. The van der Waals surface area contributed by atoms with E-state index in [2.05, 4.69) is 32.8 Å². The number of nitrogens with one attached hydrogen (secondary N) is 2.